The fourth-order valence-electron chi connectivity index (χ4n) is 3.67. The van der Waals surface area contributed by atoms with Crippen LogP contribution in [-0.4, -0.2) is 84.0 Å². The Morgan fingerprint density at radius 1 is 1.25 bits per heavy atom. The maximum Gasteiger partial charge on any atom is 0.194 e. The van der Waals surface area contributed by atoms with E-state index in [0.717, 1.165) is 81.9 Å². The topological polar surface area (TPSA) is 70.8 Å². The van der Waals surface area contributed by atoms with E-state index in [2.05, 4.69) is 61.3 Å². The van der Waals surface area contributed by atoms with Crippen molar-refractivity contribution in [1.82, 2.24) is 25.0 Å². The Labute approximate surface area is 213 Å². The van der Waals surface area contributed by atoms with E-state index < -0.39 is 0 Å². The summed E-state index contributed by atoms with van der Waals surface area (Å²) in [6.45, 7) is 8.41. The van der Waals surface area contributed by atoms with Crippen molar-refractivity contribution in [3.05, 3.63) is 36.4 Å². The number of thioether (sulfide) groups is 1. The first-order chi connectivity index (χ1) is 15.2. The number of methoxy groups -OCH3 is 1. The first kappa shape index (κ1) is 26.6. The van der Waals surface area contributed by atoms with Gasteiger partial charge in [0.2, 0.25) is 0 Å². The SMILES string of the molecule is CCc1nncn1CCNC(=NCCCSC)N1CCN(c2cccc(OC)c2)CC1.I. The number of nitrogens with one attached hydrogen (secondary N) is 1. The first-order valence-corrected chi connectivity index (χ1v) is 12.4. The van der Waals surface area contributed by atoms with Crippen molar-refractivity contribution in [3.63, 3.8) is 0 Å². The smallest absolute Gasteiger partial charge is 0.194 e. The van der Waals surface area contributed by atoms with Crippen molar-refractivity contribution in [2.24, 2.45) is 4.99 Å². The lowest BCUT2D eigenvalue weighted by molar-refractivity contribution is 0.370. The lowest BCUT2D eigenvalue weighted by Crippen LogP contribution is -2.53. The van der Waals surface area contributed by atoms with Gasteiger partial charge in [-0.15, -0.1) is 34.2 Å². The quantitative estimate of drug-likeness (QED) is 0.203. The van der Waals surface area contributed by atoms with Crippen LogP contribution in [0.25, 0.3) is 0 Å². The molecule has 1 aliphatic heterocycles. The molecule has 0 radical (unpaired) electrons. The fourth-order valence-corrected chi connectivity index (χ4v) is 4.09. The number of aryl methyl sites for hydroxylation is 1. The molecule has 178 valence electrons. The molecule has 2 aromatic rings. The summed E-state index contributed by atoms with van der Waals surface area (Å²) in [6, 6.07) is 8.30. The van der Waals surface area contributed by atoms with E-state index in [4.69, 9.17) is 9.73 Å². The number of aromatic nitrogens is 3. The van der Waals surface area contributed by atoms with Crippen LogP contribution in [0, 0.1) is 0 Å². The average Bonchev–Trinajstić information content (AvgIpc) is 3.28. The van der Waals surface area contributed by atoms with Gasteiger partial charge >= 0.3 is 0 Å². The highest BCUT2D eigenvalue weighted by Crippen LogP contribution is 2.22. The van der Waals surface area contributed by atoms with Crippen LogP contribution in [0.2, 0.25) is 0 Å². The lowest BCUT2D eigenvalue weighted by atomic mass is 10.2. The molecule has 3 rings (SSSR count). The molecule has 8 nitrogen and oxygen atoms in total. The second-order valence-corrected chi connectivity index (χ2v) is 8.43. The molecule has 1 fully saturated rings. The molecule has 0 bridgehead atoms. The van der Waals surface area contributed by atoms with Crippen LogP contribution < -0.4 is 15.0 Å². The Hall–Kier alpha value is -1.69. The minimum Gasteiger partial charge on any atom is -0.497 e. The largest absolute Gasteiger partial charge is 0.497 e. The molecule has 1 aromatic carbocycles. The van der Waals surface area contributed by atoms with Crippen LogP contribution >= 0.6 is 35.7 Å². The van der Waals surface area contributed by atoms with E-state index in [1.54, 1.807) is 7.11 Å². The number of benzene rings is 1. The third-order valence-corrected chi connectivity index (χ3v) is 6.11. The number of rotatable bonds is 10. The Balaban J connectivity index is 0.00000363. The van der Waals surface area contributed by atoms with Gasteiger partial charge in [0.15, 0.2) is 5.96 Å². The van der Waals surface area contributed by atoms with Crippen molar-refractivity contribution in [3.8, 4) is 5.75 Å². The molecule has 0 unspecified atom stereocenters. The van der Waals surface area contributed by atoms with Crippen molar-refractivity contribution in [2.45, 2.75) is 26.3 Å². The zero-order chi connectivity index (χ0) is 21.9. The monoisotopic (exact) mass is 573 g/mol. The van der Waals surface area contributed by atoms with E-state index in [1.807, 2.05) is 24.2 Å². The van der Waals surface area contributed by atoms with Gasteiger partial charge in [-0.2, -0.15) is 11.8 Å². The summed E-state index contributed by atoms with van der Waals surface area (Å²) < 4.78 is 7.49. The van der Waals surface area contributed by atoms with Crippen molar-refractivity contribution >= 4 is 47.4 Å². The highest BCUT2D eigenvalue weighted by atomic mass is 127. The maximum atomic E-state index is 5.38. The summed E-state index contributed by atoms with van der Waals surface area (Å²) in [5, 5.41) is 11.8. The molecule has 32 heavy (non-hydrogen) atoms. The maximum absolute atomic E-state index is 5.38. The highest BCUT2D eigenvalue weighted by Gasteiger charge is 2.20. The molecule has 0 aliphatic carbocycles. The van der Waals surface area contributed by atoms with Crippen LogP contribution in [0.3, 0.4) is 0 Å². The van der Waals surface area contributed by atoms with Gasteiger partial charge in [-0.1, -0.05) is 13.0 Å². The molecular formula is C22H36IN7OS. The molecule has 0 spiro atoms. The number of piperazine rings is 1. The van der Waals surface area contributed by atoms with Gasteiger partial charge in [-0.05, 0) is 30.6 Å². The molecule has 1 saturated heterocycles. The van der Waals surface area contributed by atoms with Crippen molar-refractivity contribution in [1.29, 1.82) is 0 Å². The Bertz CT molecular complexity index is 824. The van der Waals surface area contributed by atoms with Gasteiger partial charge in [0, 0.05) is 64.0 Å². The number of anilines is 1. The zero-order valence-corrected chi connectivity index (χ0v) is 22.5. The van der Waals surface area contributed by atoms with Gasteiger partial charge in [0.25, 0.3) is 0 Å². The van der Waals surface area contributed by atoms with E-state index in [0.29, 0.717) is 0 Å². The Morgan fingerprint density at radius 3 is 2.78 bits per heavy atom. The summed E-state index contributed by atoms with van der Waals surface area (Å²) >= 11 is 1.87. The molecule has 10 heteroatoms. The summed E-state index contributed by atoms with van der Waals surface area (Å²) in [7, 11) is 1.71. The molecule has 1 aliphatic rings. The van der Waals surface area contributed by atoms with Gasteiger partial charge in [0.05, 0.1) is 7.11 Å². The Kier molecular flexibility index (Phi) is 12.0. The van der Waals surface area contributed by atoms with E-state index in [9.17, 15) is 0 Å². The number of nitrogens with zero attached hydrogens (tertiary/aromatic N) is 6. The third-order valence-electron chi connectivity index (χ3n) is 5.41. The summed E-state index contributed by atoms with van der Waals surface area (Å²) in [4.78, 5) is 9.70. The first-order valence-electron chi connectivity index (χ1n) is 11.0. The third kappa shape index (κ3) is 7.72. The number of halogens is 1. The number of aliphatic imine (C=N–C) groups is 1. The number of hydrogen-bond acceptors (Lipinski definition) is 6. The lowest BCUT2D eigenvalue weighted by Gasteiger charge is -2.38. The summed E-state index contributed by atoms with van der Waals surface area (Å²) in [5.41, 5.74) is 1.21. The van der Waals surface area contributed by atoms with Crippen LogP contribution in [0.4, 0.5) is 5.69 Å². The van der Waals surface area contributed by atoms with Crippen molar-refractivity contribution < 1.29 is 4.74 Å². The normalized spacial score (nSPS) is 14.3. The van der Waals surface area contributed by atoms with E-state index in [1.165, 1.54) is 5.69 Å². The Morgan fingerprint density at radius 2 is 2.06 bits per heavy atom. The molecule has 1 N–H and O–H groups in total. The standard InChI is InChI=1S/C22H35N7OS.HI/c1-4-21-26-25-18-29(21)11-10-24-22(23-9-6-16-31-3)28-14-12-27(13-15-28)19-7-5-8-20(17-19)30-2;/h5,7-8,17-18H,4,6,9-16H2,1-3H3,(H,23,24);1H. The molecule has 0 atom stereocenters. The predicted octanol–water partition coefficient (Wildman–Crippen LogP) is 2.99. The second kappa shape index (κ2) is 14.5. The summed E-state index contributed by atoms with van der Waals surface area (Å²) in [6.07, 6.45) is 5.94. The number of hydrogen-bond donors (Lipinski definition) is 1. The fraction of sp³-hybridized carbons (Fsp3) is 0.591. The van der Waals surface area contributed by atoms with Crippen molar-refractivity contribution in [2.75, 3.05) is 63.3 Å². The second-order valence-electron chi connectivity index (χ2n) is 7.45. The van der Waals surface area contributed by atoms with Crippen LogP contribution in [0.5, 0.6) is 5.75 Å². The molecular weight excluding hydrogens is 537 g/mol. The van der Waals surface area contributed by atoms with Gasteiger partial charge in [-0.25, -0.2) is 0 Å². The zero-order valence-electron chi connectivity index (χ0n) is 19.4. The minimum absolute atomic E-state index is 0. The van der Waals surface area contributed by atoms with E-state index in [-0.39, 0.29) is 24.0 Å². The molecule has 2 heterocycles. The van der Waals surface area contributed by atoms with Crippen LogP contribution in [0.15, 0.2) is 35.6 Å². The van der Waals surface area contributed by atoms with Crippen LogP contribution in [0.1, 0.15) is 19.2 Å². The van der Waals surface area contributed by atoms with Gasteiger partial charge in [0.1, 0.15) is 17.9 Å². The van der Waals surface area contributed by atoms with E-state index >= 15 is 0 Å². The molecule has 0 saturated carbocycles. The van der Waals surface area contributed by atoms with Gasteiger partial charge in [-0.3, -0.25) is 4.99 Å². The predicted molar refractivity (Wildman–Crippen MR) is 145 cm³/mol. The van der Waals surface area contributed by atoms with Gasteiger partial charge < -0.3 is 24.4 Å². The summed E-state index contributed by atoms with van der Waals surface area (Å²) in [5.74, 6) is 4.07. The average molecular weight is 574 g/mol. The minimum atomic E-state index is 0. The highest BCUT2D eigenvalue weighted by molar-refractivity contribution is 14.0. The van der Waals surface area contributed by atoms with Crippen LogP contribution in [-0.2, 0) is 13.0 Å². The molecule has 1 aromatic heterocycles. The number of guanidine groups is 1. The molecule has 0 amide bonds. The number of ether oxygens (including phenoxy) is 1.